The van der Waals surface area contributed by atoms with Crippen molar-refractivity contribution in [2.45, 2.75) is 38.0 Å². The highest BCUT2D eigenvalue weighted by molar-refractivity contribution is 5.73. The molecule has 0 radical (unpaired) electrons. The molecular weight excluding hydrogens is 383 g/mol. The summed E-state index contributed by atoms with van der Waals surface area (Å²) >= 11 is 0. The Balaban J connectivity index is 1.40. The topological polar surface area (TPSA) is 44.8 Å². The van der Waals surface area contributed by atoms with Gasteiger partial charge in [-0.3, -0.25) is 4.79 Å². The van der Waals surface area contributed by atoms with Crippen LogP contribution in [0.1, 0.15) is 49.1 Å². The van der Waals surface area contributed by atoms with E-state index in [-0.39, 0.29) is 29.5 Å². The first kappa shape index (κ1) is 20.7. The van der Waals surface area contributed by atoms with E-state index in [1.165, 1.54) is 13.2 Å². The Labute approximate surface area is 177 Å². The van der Waals surface area contributed by atoms with Crippen molar-refractivity contribution in [1.29, 1.82) is 0 Å². The van der Waals surface area contributed by atoms with Gasteiger partial charge < -0.3 is 14.2 Å². The zero-order valence-electron chi connectivity index (χ0n) is 17.8. The summed E-state index contributed by atoms with van der Waals surface area (Å²) in [6.07, 6.45) is 3.20. The van der Waals surface area contributed by atoms with Crippen molar-refractivity contribution >= 4 is 5.97 Å². The molecule has 2 aromatic carbocycles. The number of carbonyl (C=O) groups is 1. The van der Waals surface area contributed by atoms with Crippen LogP contribution in [0, 0.1) is 23.6 Å². The molecule has 2 saturated carbocycles. The third kappa shape index (κ3) is 4.45. The van der Waals surface area contributed by atoms with E-state index in [0.717, 1.165) is 30.6 Å². The number of benzene rings is 2. The smallest absolute Gasteiger partial charge is 0.309 e. The number of halogens is 1. The van der Waals surface area contributed by atoms with Gasteiger partial charge >= 0.3 is 5.97 Å². The van der Waals surface area contributed by atoms with Crippen LogP contribution in [0.15, 0.2) is 42.5 Å². The van der Waals surface area contributed by atoms with Crippen molar-refractivity contribution in [3.8, 4) is 11.5 Å². The van der Waals surface area contributed by atoms with E-state index < -0.39 is 0 Å². The number of esters is 1. The first-order valence-corrected chi connectivity index (χ1v) is 10.7. The van der Waals surface area contributed by atoms with Crippen LogP contribution in [-0.4, -0.2) is 26.8 Å². The molecule has 5 heteroatoms. The van der Waals surface area contributed by atoms with Gasteiger partial charge in [-0.05, 0) is 78.5 Å². The minimum atomic E-state index is -0.186. The van der Waals surface area contributed by atoms with Crippen LogP contribution in [0.5, 0.6) is 11.5 Å². The largest absolute Gasteiger partial charge is 0.497 e. The first-order chi connectivity index (χ1) is 14.5. The Morgan fingerprint density at radius 1 is 1.13 bits per heavy atom. The van der Waals surface area contributed by atoms with Crippen molar-refractivity contribution in [1.82, 2.24) is 0 Å². The Kier molecular flexibility index (Phi) is 5.98. The van der Waals surface area contributed by atoms with Crippen LogP contribution in [0.25, 0.3) is 0 Å². The van der Waals surface area contributed by atoms with Gasteiger partial charge in [0.15, 0.2) is 0 Å². The maximum absolute atomic E-state index is 14.2. The molecule has 2 aliphatic carbocycles. The van der Waals surface area contributed by atoms with Gasteiger partial charge in [-0.15, -0.1) is 0 Å². The lowest BCUT2D eigenvalue weighted by Crippen LogP contribution is -2.22. The maximum atomic E-state index is 14.2. The van der Waals surface area contributed by atoms with Gasteiger partial charge in [0.2, 0.25) is 0 Å². The van der Waals surface area contributed by atoms with Crippen molar-refractivity contribution in [3.63, 3.8) is 0 Å². The van der Waals surface area contributed by atoms with Gasteiger partial charge in [0.05, 0.1) is 26.7 Å². The molecule has 4 nitrogen and oxygen atoms in total. The summed E-state index contributed by atoms with van der Waals surface area (Å²) in [7, 11) is 3.03. The second kappa shape index (κ2) is 8.66. The van der Waals surface area contributed by atoms with E-state index in [0.29, 0.717) is 29.8 Å². The van der Waals surface area contributed by atoms with Gasteiger partial charge in [0.25, 0.3) is 0 Å². The third-order valence-corrected chi connectivity index (χ3v) is 6.47. The molecule has 30 heavy (non-hydrogen) atoms. The number of rotatable bonds is 9. The molecule has 2 aliphatic rings. The van der Waals surface area contributed by atoms with Crippen LogP contribution in [0.4, 0.5) is 4.39 Å². The van der Waals surface area contributed by atoms with Crippen molar-refractivity contribution in [2.75, 3.05) is 20.8 Å². The predicted octanol–water partition coefficient (Wildman–Crippen LogP) is 5.32. The fourth-order valence-corrected chi connectivity index (χ4v) is 4.52. The quantitative estimate of drug-likeness (QED) is 0.523. The van der Waals surface area contributed by atoms with Gasteiger partial charge in [-0.25, -0.2) is 4.39 Å². The summed E-state index contributed by atoms with van der Waals surface area (Å²) in [5.41, 5.74) is 1.83. The standard InChI is InChI=1S/C25H29FO4/c1-15(25(27)29-3)24(16-7-8-16)17-5-4-6-20(11-17)30-14-18-12-21(18)22-13-19(28-2)9-10-23(22)26/h4-6,9-11,13,15-16,18,21,24H,7-8,12,14H2,1-3H3/t15-,18+,21-,24-/m0/s1. The summed E-state index contributed by atoms with van der Waals surface area (Å²) < 4.78 is 30.5. The Hall–Kier alpha value is -2.56. The van der Waals surface area contributed by atoms with E-state index >= 15 is 0 Å². The van der Waals surface area contributed by atoms with E-state index in [9.17, 15) is 9.18 Å². The van der Waals surface area contributed by atoms with Crippen molar-refractivity contribution in [2.24, 2.45) is 17.8 Å². The Morgan fingerprint density at radius 3 is 2.63 bits per heavy atom. The average Bonchev–Trinajstić information content (AvgIpc) is 3.68. The number of methoxy groups -OCH3 is 2. The highest BCUT2D eigenvalue weighted by atomic mass is 19.1. The van der Waals surface area contributed by atoms with Gasteiger partial charge in [-0.1, -0.05) is 19.1 Å². The molecule has 0 unspecified atom stereocenters. The van der Waals surface area contributed by atoms with E-state index in [1.54, 1.807) is 19.2 Å². The second-order valence-electron chi connectivity index (χ2n) is 8.55. The highest BCUT2D eigenvalue weighted by Gasteiger charge is 2.41. The Morgan fingerprint density at radius 2 is 1.93 bits per heavy atom. The number of hydrogen-bond acceptors (Lipinski definition) is 4. The molecule has 4 atom stereocenters. The average molecular weight is 413 g/mol. The van der Waals surface area contributed by atoms with Gasteiger partial charge in [0, 0.05) is 5.92 Å². The molecule has 0 spiro atoms. The summed E-state index contributed by atoms with van der Waals surface area (Å²) in [4.78, 5) is 12.1. The van der Waals surface area contributed by atoms with Crippen LogP contribution in [-0.2, 0) is 9.53 Å². The minimum absolute atomic E-state index is 0.153. The lowest BCUT2D eigenvalue weighted by molar-refractivity contribution is -0.145. The molecule has 160 valence electrons. The molecule has 0 saturated heterocycles. The zero-order chi connectivity index (χ0) is 21.3. The monoisotopic (exact) mass is 412 g/mol. The van der Waals surface area contributed by atoms with Crippen LogP contribution < -0.4 is 9.47 Å². The molecule has 4 rings (SSSR count). The number of ether oxygens (including phenoxy) is 3. The Bertz CT molecular complexity index is 908. The lowest BCUT2D eigenvalue weighted by Gasteiger charge is -2.23. The number of hydrogen-bond donors (Lipinski definition) is 0. The molecule has 0 heterocycles. The molecule has 0 N–H and O–H groups in total. The second-order valence-corrected chi connectivity index (χ2v) is 8.55. The summed E-state index contributed by atoms with van der Waals surface area (Å²) in [5, 5.41) is 0. The molecule has 2 fully saturated rings. The molecule has 2 aromatic rings. The molecule has 0 amide bonds. The molecule has 0 aliphatic heterocycles. The maximum Gasteiger partial charge on any atom is 0.309 e. The first-order valence-electron chi connectivity index (χ1n) is 10.7. The van der Waals surface area contributed by atoms with Crippen molar-refractivity contribution < 1.29 is 23.4 Å². The van der Waals surface area contributed by atoms with Gasteiger partial charge in [0.1, 0.15) is 17.3 Å². The van der Waals surface area contributed by atoms with E-state index in [4.69, 9.17) is 14.2 Å². The SMILES string of the molecule is COC(=O)[C@@H](C)[C@H](c1cccc(OC[C@H]2C[C@@H]2c2cc(OC)ccc2F)c1)C1CC1. The van der Waals surface area contributed by atoms with Crippen LogP contribution in [0.2, 0.25) is 0 Å². The van der Waals surface area contributed by atoms with E-state index in [2.05, 4.69) is 6.07 Å². The minimum Gasteiger partial charge on any atom is -0.497 e. The highest BCUT2D eigenvalue weighted by Crippen LogP contribution is 2.50. The van der Waals surface area contributed by atoms with Crippen LogP contribution >= 0.6 is 0 Å². The van der Waals surface area contributed by atoms with Crippen LogP contribution in [0.3, 0.4) is 0 Å². The van der Waals surface area contributed by atoms with Gasteiger partial charge in [-0.2, -0.15) is 0 Å². The summed E-state index contributed by atoms with van der Waals surface area (Å²) in [6.45, 7) is 2.49. The van der Waals surface area contributed by atoms with Crippen molar-refractivity contribution in [3.05, 3.63) is 59.4 Å². The lowest BCUT2D eigenvalue weighted by atomic mass is 9.83. The number of carbonyl (C=O) groups excluding carboxylic acids is 1. The van der Waals surface area contributed by atoms with E-state index in [1.807, 2.05) is 25.1 Å². The molecular formula is C25H29FO4. The molecule has 0 bridgehead atoms. The summed E-state index contributed by atoms with van der Waals surface area (Å²) in [6, 6.07) is 12.9. The predicted molar refractivity (Wildman–Crippen MR) is 112 cm³/mol. The normalized spacial score (nSPS) is 22.1. The third-order valence-electron chi connectivity index (χ3n) is 6.47. The fraction of sp³-hybridized carbons (Fsp3) is 0.480. The fourth-order valence-electron chi connectivity index (χ4n) is 4.52. The molecule has 0 aromatic heterocycles. The zero-order valence-corrected chi connectivity index (χ0v) is 17.8. The summed E-state index contributed by atoms with van der Waals surface area (Å²) in [5.74, 6) is 2.09.